The molecular formula is C19H17FN6O. The van der Waals surface area contributed by atoms with Crippen LogP contribution in [0.25, 0.3) is 33.5 Å². The minimum absolute atomic E-state index is 0.0682. The van der Waals surface area contributed by atoms with Crippen LogP contribution in [0.2, 0.25) is 0 Å². The lowest BCUT2D eigenvalue weighted by atomic mass is 10.0. The molecule has 0 aliphatic carbocycles. The predicted molar refractivity (Wildman–Crippen MR) is 97.7 cm³/mol. The predicted octanol–water partition coefficient (Wildman–Crippen LogP) is 3.75. The molecule has 7 nitrogen and oxygen atoms in total. The molecule has 4 aromatic rings. The van der Waals surface area contributed by atoms with Gasteiger partial charge in [-0.1, -0.05) is 0 Å². The highest BCUT2D eigenvalue weighted by Crippen LogP contribution is 2.44. The third-order valence-electron chi connectivity index (χ3n) is 4.86. The minimum atomic E-state index is -0.386. The van der Waals surface area contributed by atoms with Crippen molar-refractivity contribution in [2.24, 2.45) is 0 Å². The van der Waals surface area contributed by atoms with Crippen LogP contribution in [-0.4, -0.2) is 36.0 Å². The summed E-state index contributed by atoms with van der Waals surface area (Å²) < 4.78 is 21.5. The van der Waals surface area contributed by atoms with Gasteiger partial charge in [0.05, 0.1) is 35.8 Å². The van der Waals surface area contributed by atoms with Crippen LogP contribution in [0.5, 0.6) is 5.88 Å². The second kappa shape index (κ2) is 5.87. The van der Waals surface area contributed by atoms with Gasteiger partial charge in [0.2, 0.25) is 5.88 Å². The second-order valence-electron chi connectivity index (χ2n) is 6.84. The molecule has 136 valence electrons. The Kier molecular flexibility index (Phi) is 3.46. The van der Waals surface area contributed by atoms with Gasteiger partial charge < -0.3 is 4.74 Å². The highest BCUT2D eigenvalue weighted by Gasteiger charge is 2.31. The summed E-state index contributed by atoms with van der Waals surface area (Å²) in [7, 11) is 0. The van der Waals surface area contributed by atoms with E-state index in [-0.39, 0.29) is 18.0 Å². The summed E-state index contributed by atoms with van der Waals surface area (Å²) >= 11 is 0. The summed E-state index contributed by atoms with van der Waals surface area (Å²) in [5.74, 6) is 0.305. The topological polar surface area (TPSA) is 81.5 Å². The van der Waals surface area contributed by atoms with Crippen molar-refractivity contribution in [2.45, 2.75) is 32.4 Å². The van der Waals surface area contributed by atoms with Gasteiger partial charge in [-0.2, -0.15) is 10.2 Å². The Morgan fingerprint density at radius 1 is 1.19 bits per heavy atom. The van der Waals surface area contributed by atoms with E-state index in [2.05, 4.69) is 27.1 Å². The number of nitrogens with one attached hydrogen (secondary N) is 1. The molecule has 0 saturated heterocycles. The standard InChI is InChI=1S/C19H17FN6O/c1-10-7-11(2)27-19-16(13-5-6-21-18-14(13)9-23-24-18)17(25-26(10)19)15-4-3-12(20)8-22-15/h3-6,8-11H,7H2,1-2H3,(H,21,23,24)/t10-,11-/m1/s1. The van der Waals surface area contributed by atoms with Crippen LogP contribution in [0, 0.1) is 5.82 Å². The summed E-state index contributed by atoms with van der Waals surface area (Å²) in [5, 5.41) is 12.7. The normalized spacial score (nSPS) is 19.1. The molecule has 1 aliphatic heterocycles. The van der Waals surface area contributed by atoms with Crippen LogP contribution >= 0.6 is 0 Å². The zero-order valence-electron chi connectivity index (χ0n) is 14.8. The number of aromatic amines is 1. The highest BCUT2D eigenvalue weighted by atomic mass is 19.1. The van der Waals surface area contributed by atoms with Crippen molar-refractivity contribution in [3.8, 4) is 28.4 Å². The first-order chi connectivity index (χ1) is 13.1. The monoisotopic (exact) mass is 364 g/mol. The van der Waals surface area contributed by atoms with E-state index >= 15 is 0 Å². The fraction of sp³-hybridized carbons (Fsp3) is 0.263. The molecule has 8 heteroatoms. The molecule has 1 aliphatic rings. The third-order valence-corrected chi connectivity index (χ3v) is 4.86. The van der Waals surface area contributed by atoms with Crippen molar-refractivity contribution in [3.63, 3.8) is 0 Å². The maximum Gasteiger partial charge on any atom is 0.221 e. The molecule has 0 amide bonds. The molecule has 5 rings (SSSR count). The van der Waals surface area contributed by atoms with Gasteiger partial charge in [0.25, 0.3) is 0 Å². The molecule has 0 bridgehead atoms. The highest BCUT2D eigenvalue weighted by molar-refractivity contribution is 5.98. The van der Waals surface area contributed by atoms with E-state index in [4.69, 9.17) is 9.84 Å². The Hall–Kier alpha value is -3.29. The Balaban J connectivity index is 1.83. The number of hydrogen-bond acceptors (Lipinski definition) is 5. The van der Waals surface area contributed by atoms with Crippen molar-refractivity contribution < 1.29 is 9.13 Å². The van der Waals surface area contributed by atoms with Gasteiger partial charge in [-0.05, 0) is 32.0 Å². The zero-order valence-corrected chi connectivity index (χ0v) is 14.8. The summed E-state index contributed by atoms with van der Waals surface area (Å²) in [4.78, 5) is 8.56. The van der Waals surface area contributed by atoms with Crippen LogP contribution < -0.4 is 4.74 Å². The van der Waals surface area contributed by atoms with E-state index in [1.54, 1.807) is 18.5 Å². The van der Waals surface area contributed by atoms with E-state index in [9.17, 15) is 4.39 Å². The summed E-state index contributed by atoms with van der Waals surface area (Å²) in [5.41, 5.74) is 3.64. The molecule has 27 heavy (non-hydrogen) atoms. The molecular weight excluding hydrogens is 347 g/mol. The molecule has 2 atom stereocenters. The van der Waals surface area contributed by atoms with E-state index in [1.807, 2.05) is 17.7 Å². The first-order valence-corrected chi connectivity index (χ1v) is 8.81. The summed E-state index contributed by atoms with van der Waals surface area (Å²) in [6, 6.07) is 5.11. The Morgan fingerprint density at radius 2 is 2.07 bits per heavy atom. The maximum absolute atomic E-state index is 13.4. The Bertz CT molecular complexity index is 1130. The smallest absolute Gasteiger partial charge is 0.221 e. The summed E-state index contributed by atoms with van der Waals surface area (Å²) in [6.45, 7) is 4.16. The lowest BCUT2D eigenvalue weighted by molar-refractivity contribution is 0.127. The lowest BCUT2D eigenvalue weighted by Gasteiger charge is -2.27. The van der Waals surface area contributed by atoms with Crippen molar-refractivity contribution in [3.05, 3.63) is 42.6 Å². The number of fused-ring (bicyclic) bond motifs is 2. The third kappa shape index (κ3) is 2.48. The summed E-state index contributed by atoms with van der Waals surface area (Å²) in [6.07, 6.45) is 5.59. The van der Waals surface area contributed by atoms with Gasteiger partial charge >= 0.3 is 0 Å². The lowest BCUT2D eigenvalue weighted by Crippen LogP contribution is -2.26. The largest absolute Gasteiger partial charge is 0.474 e. The fourth-order valence-electron chi connectivity index (χ4n) is 3.66. The van der Waals surface area contributed by atoms with Crippen molar-refractivity contribution in [1.82, 2.24) is 29.9 Å². The van der Waals surface area contributed by atoms with Gasteiger partial charge in [-0.25, -0.2) is 14.1 Å². The van der Waals surface area contributed by atoms with Crippen LogP contribution in [0.1, 0.15) is 26.3 Å². The molecule has 0 aromatic carbocycles. The average Bonchev–Trinajstić information content (AvgIpc) is 3.27. The van der Waals surface area contributed by atoms with Gasteiger partial charge in [0.15, 0.2) is 5.65 Å². The molecule has 0 saturated carbocycles. The molecule has 1 N–H and O–H groups in total. The molecule has 5 heterocycles. The first kappa shape index (κ1) is 15.9. The fourth-order valence-corrected chi connectivity index (χ4v) is 3.66. The van der Waals surface area contributed by atoms with Gasteiger partial charge in [0, 0.05) is 23.6 Å². The number of ether oxygens (including phenoxy) is 1. The van der Waals surface area contributed by atoms with Crippen molar-refractivity contribution in [2.75, 3.05) is 0 Å². The quantitative estimate of drug-likeness (QED) is 0.586. The number of H-pyrrole nitrogens is 1. The number of rotatable bonds is 2. The molecule has 0 spiro atoms. The number of pyridine rings is 2. The molecule has 4 aromatic heterocycles. The van der Waals surface area contributed by atoms with Crippen molar-refractivity contribution in [1.29, 1.82) is 0 Å². The average molecular weight is 364 g/mol. The van der Waals surface area contributed by atoms with E-state index in [0.717, 1.165) is 22.9 Å². The number of hydrogen-bond donors (Lipinski definition) is 1. The molecule has 0 unspecified atom stereocenters. The SMILES string of the molecule is C[C@@H]1C[C@@H](C)n2nc(-c3ccc(F)cn3)c(-c3ccnc4[nH]ncc34)c2O1. The van der Waals surface area contributed by atoms with Crippen LogP contribution in [-0.2, 0) is 0 Å². The van der Waals surface area contributed by atoms with E-state index < -0.39 is 0 Å². The van der Waals surface area contributed by atoms with Crippen LogP contribution in [0.15, 0.2) is 36.8 Å². The Morgan fingerprint density at radius 3 is 2.89 bits per heavy atom. The second-order valence-corrected chi connectivity index (χ2v) is 6.84. The minimum Gasteiger partial charge on any atom is -0.474 e. The maximum atomic E-state index is 13.4. The number of nitrogens with zero attached hydrogens (tertiary/aromatic N) is 5. The number of halogens is 1. The molecule has 0 radical (unpaired) electrons. The number of aromatic nitrogens is 6. The van der Waals surface area contributed by atoms with Crippen LogP contribution in [0.3, 0.4) is 0 Å². The van der Waals surface area contributed by atoms with E-state index in [1.165, 1.54) is 12.3 Å². The Labute approximate surface area is 154 Å². The van der Waals surface area contributed by atoms with E-state index in [0.29, 0.717) is 22.9 Å². The van der Waals surface area contributed by atoms with Gasteiger partial charge in [-0.3, -0.25) is 10.1 Å². The van der Waals surface area contributed by atoms with Crippen LogP contribution in [0.4, 0.5) is 4.39 Å². The first-order valence-electron chi connectivity index (χ1n) is 8.81. The van der Waals surface area contributed by atoms with Gasteiger partial charge in [0.1, 0.15) is 11.5 Å². The van der Waals surface area contributed by atoms with Crippen molar-refractivity contribution >= 4 is 11.0 Å². The van der Waals surface area contributed by atoms with Gasteiger partial charge in [-0.15, -0.1) is 0 Å². The zero-order chi connectivity index (χ0) is 18.5. The molecule has 0 fully saturated rings.